The van der Waals surface area contributed by atoms with Crippen molar-refractivity contribution in [2.45, 2.75) is 37.9 Å². The SMILES string of the molecule is COc1ccc2[nH]c(SCCCNC(=O)OC(C)(C)C)nc2c1. The van der Waals surface area contributed by atoms with Crippen molar-refractivity contribution < 1.29 is 14.3 Å². The van der Waals surface area contributed by atoms with Crippen LogP contribution in [-0.4, -0.2) is 41.1 Å². The second-order valence-electron chi connectivity index (χ2n) is 6.06. The summed E-state index contributed by atoms with van der Waals surface area (Å²) in [5.41, 5.74) is 1.41. The number of hydrogen-bond donors (Lipinski definition) is 2. The van der Waals surface area contributed by atoms with Crippen molar-refractivity contribution in [3.63, 3.8) is 0 Å². The standard InChI is InChI=1S/C16H23N3O3S/c1-16(2,3)22-15(20)17-8-5-9-23-14-18-12-7-6-11(21-4)10-13(12)19-14/h6-7,10H,5,8-9H2,1-4H3,(H,17,20)(H,18,19). The van der Waals surface area contributed by atoms with Gasteiger partial charge in [-0.2, -0.15) is 0 Å². The van der Waals surface area contributed by atoms with E-state index in [4.69, 9.17) is 9.47 Å². The molecule has 126 valence electrons. The Balaban J connectivity index is 1.73. The molecule has 0 fully saturated rings. The van der Waals surface area contributed by atoms with E-state index in [2.05, 4.69) is 15.3 Å². The lowest BCUT2D eigenvalue weighted by molar-refractivity contribution is 0.0528. The summed E-state index contributed by atoms with van der Waals surface area (Å²) < 4.78 is 10.4. The number of benzene rings is 1. The maximum Gasteiger partial charge on any atom is 0.407 e. The number of nitrogens with zero attached hydrogens (tertiary/aromatic N) is 1. The third-order valence-electron chi connectivity index (χ3n) is 2.90. The highest BCUT2D eigenvalue weighted by molar-refractivity contribution is 7.99. The first kappa shape index (κ1) is 17.5. The van der Waals surface area contributed by atoms with Crippen LogP contribution in [-0.2, 0) is 4.74 Å². The van der Waals surface area contributed by atoms with Crippen LogP contribution in [0.25, 0.3) is 11.0 Å². The van der Waals surface area contributed by atoms with Crippen LogP contribution in [0.15, 0.2) is 23.4 Å². The zero-order valence-corrected chi connectivity index (χ0v) is 14.8. The van der Waals surface area contributed by atoms with Crippen LogP contribution < -0.4 is 10.1 Å². The molecule has 2 N–H and O–H groups in total. The predicted molar refractivity (Wildman–Crippen MR) is 92.2 cm³/mol. The lowest BCUT2D eigenvalue weighted by Crippen LogP contribution is -2.33. The van der Waals surface area contributed by atoms with Gasteiger partial charge in [-0.25, -0.2) is 9.78 Å². The fourth-order valence-corrected chi connectivity index (χ4v) is 2.73. The van der Waals surface area contributed by atoms with E-state index < -0.39 is 5.60 Å². The molecule has 0 saturated heterocycles. The van der Waals surface area contributed by atoms with Crippen molar-refractivity contribution in [2.24, 2.45) is 0 Å². The number of rotatable bonds is 6. The molecule has 0 saturated carbocycles. The van der Waals surface area contributed by atoms with Crippen LogP contribution in [0.2, 0.25) is 0 Å². The van der Waals surface area contributed by atoms with Gasteiger partial charge >= 0.3 is 6.09 Å². The summed E-state index contributed by atoms with van der Waals surface area (Å²) in [7, 11) is 1.64. The number of aromatic amines is 1. The molecule has 23 heavy (non-hydrogen) atoms. The molecule has 1 aromatic carbocycles. The van der Waals surface area contributed by atoms with Gasteiger partial charge in [0.1, 0.15) is 11.4 Å². The molecule has 0 unspecified atom stereocenters. The zero-order chi connectivity index (χ0) is 16.9. The summed E-state index contributed by atoms with van der Waals surface area (Å²) >= 11 is 1.62. The van der Waals surface area contributed by atoms with Crippen LogP contribution in [0.1, 0.15) is 27.2 Å². The van der Waals surface area contributed by atoms with E-state index >= 15 is 0 Å². The van der Waals surface area contributed by atoms with E-state index in [0.717, 1.165) is 34.1 Å². The number of amides is 1. The van der Waals surface area contributed by atoms with Crippen molar-refractivity contribution in [2.75, 3.05) is 19.4 Å². The number of alkyl carbamates (subject to hydrolysis) is 1. The van der Waals surface area contributed by atoms with Gasteiger partial charge in [0.05, 0.1) is 18.1 Å². The third kappa shape index (κ3) is 5.67. The average molecular weight is 337 g/mol. The molecule has 0 radical (unpaired) electrons. The Labute approximate surface area is 140 Å². The summed E-state index contributed by atoms with van der Waals surface area (Å²) in [5, 5.41) is 3.61. The van der Waals surface area contributed by atoms with E-state index in [0.29, 0.717) is 6.54 Å². The largest absolute Gasteiger partial charge is 0.497 e. The lowest BCUT2D eigenvalue weighted by atomic mass is 10.2. The number of methoxy groups -OCH3 is 1. The van der Waals surface area contributed by atoms with Crippen molar-refractivity contribution in [3.8, 4) is 5.75 Å². The van der Waals surface area contributed by atoms with E-state index in [9.17, 15) is 4.79 Å². The molecular weight excluding hydrogens is 314 g/mol. The van der Waals surface area contributed by atoms with E-state index in [1.807, 2.05) is 39.0 Å². The Morgan fingerprint density at radius 1 is 1.39 bits per heavy atom. The molecule has 2 aromatic rings. The van der Waals surface area contributed by atoms with Crippen molar-refractivity contribution >= 4 is 28.9 Å². The first-order chi connectivity index (χ1) is 10.9. The predicted octanol–water partition coefficient (Wildman–Crippen LogP) is 3.58. The summed E-state index contributed by atoms with van der Waals surface area (Å²) in [6, 6.07) is 5.76. The van der Waals surface area contributed by atoms with Crippen LogP contribution >= 0.6 is 11.8 Å². The van der Waals surface area contributed by atoms with Gasteiger partial charge in [0.25, 0.3) is 0 Å². The molecule has 1 heterocycles. The smallest absolute Gasteiger partial charge is 0.407 e. The normalized spacial score (nSPS) is 11.5. The Morgan fingerprint density at radius 3 is 2.87 bits per heavy atom. The first-order valence-electron chi connectivity index (χ1n) is 7.51. The van der Waals surface area contributed by atoms with Gasteiger partial charge in [-0.05, 0) is 39.3 Å². The topological polar surface area (TPSA) is 76.2 Å². The van der Waals surface area contributed by atoms with Crippen LogP contribution in [0.3, 0.4) is 0 Å². The van der Waals surface area contributed by atoms with E-state index in [-0.39, 0.29) is 6.09 Å². The van der Waals surface area contributed by atoms with Gasteiger partial charge in [0.2, 0.25) is 0 Å². The average Bonchev–Trinajstić information content (AvgIpc) is 2.86. The Hall–Kier alpha value is -1.89. The molecule has 0 aliphatic carbocycles. The van der Waals surface area contributed by atoms with Gasteiger partial charge < -0.3 is 19.8 Å². The van der Waals surface area contributed by atoms with Crippen molar-refractivity contribution in [3.05, 3.63) is 18.2 Å². The van der Waals surface area contributed by atoms with Crippen LogP contribution in [0.5, 0.6) is 5.75 Å². The molecule has 2 rings (SSSR count). The number of ether oxygens (including phenoxy) is 2. The highest BCUT2D eigenvalue weighted by atomic mass is 32.2. The summed E-state index contributed by atoms with van der Waals surface area (Å²) in [6.45, 7) is 6.12. The number of thioether (sulfide) groups is 1. The molecule has 1 amide bonds. The van der Waals surface area contributed by atoms with Gasteiger partial charge in [-0.15, -0.1) is 0 Å². The second kappa shape index (κ2) is 7.59. The molecule has 6 nitrogen and oxygen atoms in total. The molecule has 1 aromatic heterocycles. The van der Waals surface area contributed by atoms with Gasteiger partial charge in [-0.1, -0.05) is 11.8 Å². The number of H-pyrrole nitrogens is 1. The Bertz CT molecular complexity index is 664. The van der Waals surface area contributed by atoms with Gasteiger partial charge in [0.15, 0.2) is 5.16 Å². The molecule has 0 atom stereocenters. The molecule has 0 aliphatic rings. The summed E-state index contributed by atoms with van der Waals surface area (Å²) in [5.74, 6) is 1.65. The minimum Gasteiger partial charge on any atom is -0.497 e. The Morgan fingerprint density at radius 2 is 2.17 bits per heavy atom. The van der Waals surface area contributed by atoms with Crippen LogP contribution in [0.4, 0.5) is 4.79 Å². The molecule has 0 aliphatic heterocycles. The first-order valence-corrected chi connectivity index (χ1v) is 8.49. The maximum atomic E-state index is 11.5. The van der Waals surface area contributed by atoms with Gasteiger partial charge in [0, 0.05) is 18.4 Å². The quantitative estimate of drug-likeness (QED) is 0.622. The fraction of sp³-hybridized carbons (Fsp3) is 0.500. The number of nitrogens with one attached hydrogen (secondary N) is 2. The highest BCUT2D eigenvalue weighted by Crippen LogP contribution is 2.23. The Kier molecular flexibility index (Phi) is 5.76. The number of carbonyl (C=O) groups excluding carboxylic acids is 1. The van der Waals surface area contributed by atoms with Crippen LogP contribution in [0, 0.1) is 0 Å². The lowest BCUT2D eigenvalue weighted by Gasteiger charge is -2.19. The zero-order valence-electron chi connectivity index (χ0n) is 13.9. The summed E-state index contributed by atoms with van der Waals surface area (Å²) in [6.07, 6.45) is 0.461. The van der Waals surface area contributed by atoms with E-state index in [1.54, 1.807) is 18.9 Å². The highest BCUT2D eigenvalue weighted by Gasteiger charge is 2.15. The van der Waals surface area contributed by atoms with E-state index in [1.165, 1.54) is 0 Å². The van der Waals surface area contributed by atoms with Gasteiger partial charge in [-0.3, -0.25) is 0 Å². The second-order valence-corrected chi connectivity index (χ2v) is 7.14. The molecule has 0 spiro atoms. The molecular formula is C16H23N3O3S. The number of fused-ring (bicyclic) bond motifs is 1. The summed E-state index contributed by atoms with van der Waals surface area (Å²) in [4.78, 5) is 19.3. The number of aromatic nitrogens is 2. The van der Waals surface area contributed by atoms with Crippen molar-refractivity contribution in [1.82, 2.24) is 15.3 Å². The maximum absolute atomic E-state index is 11.5. The number of imidazole rings is 1. The fourth-order valence-electron chi connectivity index (χ4n) is 1.90. The minimum absolute atomic E-state index is 0.377. The van der Waals surface area contributed by atoms with Crippen molar-refractivity contribution in [1.29, 1.82) is 0 Å². The number of carbonyl (C=O) groups is 1. The monoisotopic (exact) mass is 337 g/mol. The number of hydrogen-bond acceptors (Lipinski definition) is 5. The molecule has 0 bridgehead atoms. The minimum atomic E-state index is -0.464. The molecule has 7 heteroatoms. The third-order valence-corrected chi connectivity index (χ3v) is 3.86.